The number of fused-ring (bicyclic) bond motifs is 1. The van der Waals surface area contributed by atoms with Crippen LogP contribution in [-0.2, 0) is 0 Å². The molecule has 0 aliphatic rings. The first-order valence-corrected chi connectivity index (χ1v) is 8.78. The van der Waals surface area contributed by atoms with Gasteiger partial charge in [-0.3, -0.25) is 0 Å². The molecule has 0 atom stereocenters. The largest absolute Gasteiger partial charge is 0.497 e. The van der Waals surface area contributed by atoms with Gasteiger partial charge in [-0.1, -0.05) is 0 Å². The molecule has 4 rings (SSSR count). The van der Waals surface area contributed by atoms with Crippen molar-refractivity contribution in [3.8, 4) is 33.3 Å². The summed E-state index contributed by atoms with van der Waals surface area (Å²) in [5.74, 6) is 1.49. The lowest BCUT2D eigenvalue weighted by Crippen LogP contribution is -2.02. The molecule has 5 nitrogen and oxygen atoms in total. The Hall–Kier alpha value is -3.12. The Balaban J connectivity index is 1.76. The summed E-state index contributed by atoms with van der Waals surface area (Å²) in [5, 5.41) is 3.48. The van der Waals surface area contributed by atoms with E-state index in [1.165, 1.54) is 11.3 Å². The molecule has 2 aromatic heterocycles. The summed E-state index contributed by atoms with van der Waals surface area (Å²) in [6, 6.07) is 14.7. The number of nitrogens with zero attached hydrogens (tertiary/aromatic N) is 1. The fourth-order valence-electron chi connectivity index (χ4n) is 2.67. The van der Waals surface area contributed by atoms with Crippen LogP contribution in [0.25, 0.3) is 32.8 Å². The van der Waals surface area contributed by atoms with Gasteiger partial charge in [0.05, 0.1) is 25.5 Å². The van der Waals surface area contributed by atoms with Crippen molar-refractivity contribution in [2.24, 2.45) is 0 Å². The van der Waals surface area contributed by atoms with E-state index < -0.39 is 5.63 Å². The predicted molar refractivity (Wildman–Crippen MR) is 102 cm³/mol. The summed E-state index contributed by atoms with van der Waals surface area (Å²) in [7, 11) is 3.23. The van der Waals surface area contributed by atoms with Crippen molar-refractivity contribution >= 4 is 22.3 Å². The van der Waals surface area contributed by atoms with Crippen LogP contribution in [0.1, 0.15) is 0 Å². The Bertz CT molecular complexity index is 1130. The number of ether oxygens (including phenoxy) is 2. The van der Waals surface area contributed by atoms with Crippen molar-refractivity contribution in [2.45, 2.75) is 0 Å². The van der Waals surface area contributed by atoms with Crippen LogP contribution in [0.4, 0.5) is 0 Å². The van der Waals surface area contributed by atoms with Gasteiger partial charge in [-0.2, -0.15) is 0 Å². The molecule has 0 saturated heterocycles. The average Bonchev–Trinajstić information content (AvgIpc) is 3.17. The van der Waals surface area contributed by atoms with Crippen molar-refractivity contribution in [2.75, 3.05) is 14.2 Å². The molecule has 0 saturated carbocycles. The molecule has 4 aromatic rings. The maximum Gasteiger partial charge on any atom is 0.345 e. The number of hydrogen-bond donors (Lipinski definition) is 0. The van der Waals surface area contributed by atoms with E-state index >= 15 is 0 Å². The Morgan fingerprint density at radius 2 is 1.69 bits per heavy atom. The lowest BCUT2D eigenvalue weighted by Gasteiger charge is -2.03. The van der Waals surface area contributed by atoms with Gasteiger partial charge in [0.2, 0.25) is 0 Å². The van der Waals surface area contributed by atoms with E-state index in [9.17, 15) is 4.79 Å². The molecule has 2 aromatic carbocycles. The monoisotopic (exact) mass is 365 g/mol. The smallest absolute Gasteiger partial charge is 0.345 e. The van der Waals surface area contributed by atoms with Gasteiger partial charge in [-0.15, -0.1) is 11.3 Å². The van der Waals surface area contributed by atoms with E-state index in [2.05, 4.69) is 4.98 Å². The maximum absolute atomic E-state index is 12.4. The molecule has 130 valence electrons. The van der Waals surface area contributed by atoms with Crippen molar-refractivity contribution in [3.63, 3.8) is 0 Å². The van der Waals surface area contributed by atoms with Gasteiger partial charge in [0, 0.05) is 16.3 Å². The molecule has 0 amide bonds. The number of benzene rings is 2. The third kappa shape index (κ3) is 2.95. The highest BCUT2D eigenvalue weighted by molar-refractivity contribution is 7.13. The number of methoxy groups -OCH3 is 2. The molecule has 26 heavy (non-hydrogen) atoms. The molecule has 6 heteroatoms. The molecule has 0 spiro atoms. The highest BCUT2D eigenvalue weighted by Gasteiger charge is 2.13. The molecular weight excluding hydrogens is 350 g/mol. The van der Waals surface area contributed by atoms with E-state index in [4.69, 9.17) is 13.9 Å². The Morgan fingerprint density at radius 1 is 0.962 bits per heavy atom. The summed E-state index contributed by atoms with van der Waals surface area (Å²) in [6.45, 7) is 0. The summed E-state index contributed by atoms with van der Waals surface area (Å²) in [5.41, 5.74) is 2.11. The third-order valence-corrected chi connectivity index (χ3v) is 4.95. The van der Waals surface area contributed by atoms with Gasteiger partial charge < -0.3 is 13.9 Å². The normalized spacial score (nSPS) is 10.8. The minimum absolute atomic E-state index is 0.408. The maximum atomic E-state index is 12.4. The van der Waals surface area contributed by atoms with Gasteiger partial charge in [0.15, 0.2) is 0 Å². The summed E-state index contributed by atoms with van der Waals surface area (Å²) < 4.78 is 15.8. The van der Waals surface area contributed by atoms with Crippen LogP contribution in [0.15, 0.2) is 63.1 Å². The molecule has 0 unspecified atom stereocenters. The Labute approximate surface area is 153 Å². The molecular formula is C20H15NO4S. The zero-order valence-electron chi connectivity index (χ0n) is 14.2. The van der Waals surface area contributed by atoms with Gasteiger partial charge in [0.1, 0.15) is 22.1 Å². The lowest BCUT2D eigenvalue weighted by atomic mass is 10.1. The second-order valence-electron chi connectivity index (χ2n) is 5.62. The van der Waals surface area contributed by atoms with Crippen LogP contribution >= 0.6 is 11.3 Å². The summed E-state index contributed by atoms with van der Waals surface area (Å²) >= 11 is 1.48. The topological polar surface area (TPSA) is 61.6 Å². The van der Waals surface area contributed by atoms with Gasteiger partial charge >= 0.3 is 5.63 Å². The van der Waals surface area contributed by atoms with Crippen LogP contribution in [0, 0.1) is 0 Å². The lowest BCUT2D eigenvalue weighted by molar-refractivity contribution is 0.415. The molecule has 2 heterocycles. The van der Waals surface area contributed by atoms with Crippen LogP contribution in [-0.4, -0.2) is 19.2 Å². The average molecular weight is 365 g/mol. The van der Waals surface area contributed by atoms with Crippen molar-refractivity contribution in [3.05, 3.63) is 64.3 Å². The zero-order valence-corrected chi connectivity index (χ0v) is 15.0. The summed E-state index contributed by atoms with van der Waals surface area (Å²) in [6.07, 6.45) is 0. The Morgan fingerprint density at radius 3 is 2.42 bits per heavy atom. The van der Waals surface area contributed by atoms with Crippen LogP contribution in [0.2, 0.25) is 0 Å². The van der Waals surface area contributed by atoms with Crippen LogP contribution in [0.5, 0.6) is 11.5 Å². The van der Waals surface area contributed by atoms with Gasteiger partial charge in [-0.25, -0.2) is 9.78 Å². The third-order valence-electron chi connectivity index (χ3n) is 4.06. The van der Waals surface area contributed by atoms with Crippen LogP contribution in [0.3, 0.4) is 0 Å². The second kappa shape index (κ2) is 6.65. The van der Waals surface area contributed by atoms with E-state index in [1.54, 1.807) is 32.4 Å². The van der Waals surface area contributed by atoms with Crippen molar-refractivity contribution < 1.29 is 13.9 Å². The first-order chi connectivity index (χ1) is 12.7. The van der Waals surface area contributed by atoms with Gasteiger partial charge in [0.25, 0.3) is 0 Å². The van der Waals surface area contributed by atoms with E-state index in [0.717, 1.165) is 21.7 Å². The highest BCUT2D eigenvalue weighted by atomic mass is 32.1. The number of thiazole rings is 1. The fraction of sp³-hybridized carbons (Fsp3) is 0.100. The number of aromatic nitrogens is 1. The molecule has 0 aliphatic carbocycles. The first kappa shape index (κ1) is 16.4. The molecule has 0 radical (unpaired) electrons. The van der Waals surface area contributed by atoms with E-state index in [-0.39, 0.29) is 0 Å². The van der Waals surface area contributed by atoms with Gasteiger partial charge in [-0.05, 0) is 48.5 Å². The number of hydrogen-bond acceptors (Lipinski definition) is 6. The molecule has 0 N–H and O–H groups in total. The standard InChI is InChI=1S/C20H15NO4S/c1-23-14-5-3-12(4-6-14)19-21-17(11-26-19)16-10-13-9-15(24-2)7-8-18(13)25-20(16)22/h3-11H,1-2H3. The molecule has 0 bridgehead atoms. The van der Waals surface area contributed by atoms with E-state index in [0.29, 0.717) is 22.6 Å². The zero-order chi connectivity index (χ0) is 18.1. The quantitative estimate of drug-likeness (QED) is 0.495. The Kier molecular flexibility index (Phi) is 4.18. The fourth-order valence-corrected chi connectivity index (χ4v) is 3.50. The summed E-state index contributed by atoms with van der Waals surface area (Å²) in [4.78, 5) is 17.0. The SMILES string of the molecule is COc1ccc(-c2nc(-c3cc4cc(OC)ccc4oc3=O)cs2)cc1. The minimum Gasteiger partial charge on any atom is -0.497 e. The van der Waals surface area contributed by atoms with Crippen molar-refractivity contribution in [1.82, 2.24) is 4.98 Å². The first-order valence-electron chi connectivity index (χ1n) is 7.90. The van der Waals surface area contributed by atoms with Crippen molar-refractivity contribution in [1.29, 1.82) is 0 Å². The predicted octanol–water partition coefficient (Wildman–Crippen LogP) is 4.60. The number of rotatable bonds is 4. The van der Waals surface area contributed by atoms with Crippen LogP contribution < -0.4 is 15.1 Å². The minimum atomic E-state index is -0.408. The highest BCUT2D eigenvalue weighted by Crippen LogP contribution is 2.30. The second-order valence-corrected chi connectivity index (χ2v) is 6.48. The molecule has 0 fully saturated rings. The van der Waals surface area contributed by atoms with E-state index in [1.807, 2.05) is 35.7 Å². The molecule has 0 aliphatic heterocycles.